The number of hydrogen-bond donors (Lipinski definition) is 1. The first-order chi connectivity index (χ1) is 9.24. The Balaban J connectivity index is 2.15. The molecular weight excluding hydrogens is 236 g/mol. The third kappa shape index (κ3) is 2.22. The summed E-state index contributed by atoms with van der Waals surface area (Å²) in [5, 5.41) is 0. The highest BCUT2D eigenvalue weighted by Gasteiger charge is 2.14. The molecular formula is C16H14N2O. The lowest BCUT2D eigenvalue weighted by molar-refractivity contribution is 0.534. The lowest BCUT2D eigenvalue weighted by Crippen LogP contribution is -1.86. The zero-order valence-corrected chi connectivity index (χ0v) is 10.6. The van der Waals surface area contributed by atoms with Gasteiger partial charge in [0.15, 0.2) is 11.7 Å². The quantitative estimate of drug-likeness (QED) is 0.702. The Hall–Kier alpha value is -2.55. The molecule has 0 aliphatic rings. The molecule has 1 aromatic heterocycles. The van der Waals surface area contributed by atoms with Crippen molar-refractivity contribution >= 4 is 5.69 Å². The van der Waals surface area contributed by atoms with Crippen LogP contribution in [0.4, 0.5) is 5.69 Å². The average Bonchev–Trinajstić information content (AvgIpc) is 2.83. The van der Waals surface area contributed by atoms with Crippen LogP contribution in [0, 0.1) is 6.92 Å². The van der Waals surface area contributed by atoms with Gasteiger partial charge in [0.25, 0.3) is 0 Å². The standard InChI is InChI=1S/C16H14N2O/c1-11-18-15(12-7-9-14(17)10-8-12)16(19-11)13-5-3-2-4-6-13/h2-10H,17H2,1H3. The summed E-state index contributed by atoms with van der Waals surface area (Å²) in [5.41, 5.74) is 9.33. The molecule has 3 nitrogen and oxygen atoms in total. The van der Waals surface area contributed by atoms with E-state index in [1.165, 1.54) is 0 Å². The van der Waals surface area contributed by atoms with Gasteiger partial charge in [0.2, 0.25) is 0 Å². The lowest BCUT2D eigenvalue weighted by Gasteiger charge is -2.02. The molecule has 0 spiro atoms. The number of nitrogens with two attached hydrogens (primary N) is 1. The van der Waals surface area contributed by atoms with Gasteiger partial charge in [-0.15, -0.1) is 0 Å². The van der Waals surface area contributed by atoms with Gasteiger partial charge >= 0.3 is 0 Å². The maximum absolute atomic E-state index is 5.74. The Morgan fingerprint density at radius 2 is 1.58 bits per heavy atom. The van der Waals surface area contributed by atoms with E-state index in [1.54, 1.807) is 0 Å². The highest BCUT2D eigenvalue weighted by molar-refractivity contribution is 5.77. The first-order valence-corrected chi connectivity index (χ1v) is 6.13. The maximum Gasteiger partial charge on any atom is 0.192 e. The minimum absolute atomic E-state index is 0.658. The van der Waals surface area contributed by atoms with Gasteiger partial charge in [-0.2, -0.15) is 0 Å². The Bertz CT molecular complexity index is 685. The summed E-state index contributed by atoms with van der Waals surface area (Å²) in [7, 11) is 0. The molecule has 94 valence electrons. The Morgan fingerprint density at radius 3 is 2.26 bits per heavy atom. The number of anilines is 1. The fraction of sp³-hybridized carbons (Fsp3) is 0.0625. The van der Waals surface area contributed by atoms with Crippen molar-refractivity contribution in [3.8, 4) is 22.6 Å². The third-order valence-electron chi connectivity index (χ3n) is 2.95. The largest absolute Gasteiger partial charge is 0.440 e. The van der Waals surface area contributed by atoms with E-state index < -0.39 is 0 Å². The van der Waals surface area contributed by atoms with Crippen molar-refractivity contribution in [2.75, 3.05) is 5.73 Å². The lowest BCUT2D eigenvalue weighted by atomic mass is 10.1. The van der Waals surface area contributed by atoms with Gasteiger partial charge in [0, 0.05) is 23.7 Å². The predicted molar refractivity (Wildman–Crippen MR) is 76.5 cm³/mol. The number of rotatable bonds is 2. The number of nitrogens with zero attached hydrogens (tertiary/aromatic N) is 1. The SMILES string of the molecule is Cc1nc(-c2ccc(N)cc2)c(-c2ccccc2)o1. The van der Waals surface area contributed by atoms with E-state index in [9.17, 15) is 0 Å². The summed E-state index contributed by atoms with van der Waals surface area (Å²) >= 11 is 0. The molecule has 0 aliphatic carbocycles. The van der Waals surface area contributed by atoms with Crippen molar-refractivity contribution in [1.82, 2.24) is 4.98 Å². The molecule has 0 fully saturated rings. The summed E-state index contributed by atoms with van der Waals surface area (Å²) in [6.07, 6.45) is 0. The third-order valence-corrected chi connectivity index (χ3v) is 2.95. The minimum Gasteiger partial charge on any atom is -0.440 e. The van der Waals surface area contributed by atoms with Crippen LogP contribution in [0.15, 0.2) is 59.0 Å². The fourth-order valence-corrected chi connectivity index (χ4v) is 2.05. The van der Waals surface area contributed by atoms with Crippen molar-refractivity contribution in [2.45, 2.75) is 6.92 Å². The van der Waals surface area contributed by atoms with E-state index in [4.69, 9.17) is 10.2 Å². The minimum atomic E-state index is 0.658. The summed E-state index contributed by atoms with van der Waals surface area (Å²) in [6, 6.07) is 17.6. The molecule has 19 heavy (non-hydrogen) atoms. The molecule has 2 aromatic carbocycles. The Labute approximate surface area is 111 Å². The Morgan fingerprint density at radius 1 is 0.895 bits per heavy atom. The number of oxazole rings is 1. The van der Waals surface area contributed by atoms with Crippen LogP contribution >= 0.6 is 0 Å². The molecule has 1 heterocycles. The van der Waals surface area contributed by atoms with E-state index >= 15 is 0 Å². The van der Waals surface area contributed by atoms with E-state index in [0.717, 1.165) is 28.3 Å². The van der Waals surface area contributed by atoms with Crippen LogP contribution in [0.25, 0.3) is 22.6 Å². The summed E-state index contributed by atoms with van der Waals surface area (Å²) in [6.45, 7) is 1.85. The normalized spacial score (nSPS) is 10.6. The van der Waals surface area contributed by atoms with Gasteiger partial charge in [-0.05, 0) is 12.1 Å². The first-order valence-electron chi connectivity index (χ1n) is 6.13. The van der Waals surface area contributed by atoms with Crippen LogP contribution < -0.4 is 5.73 Å². The zero-order valence-electron chi connectivity index (χ0n) is 10.6. The van der Waals surface area contributed by atoms with E-state index in [2.05, 4.69) is 4.98 Å². The van der Waals surface area contributed by atoms with E-state index in [-0.39, 0.29) is 0 Å². The van der Waals surface area contributed by atoms with Crippen LogP contribution in [-0.4, -0.2) is 4.98 Å². The molecule has 3 heteroatoms. The summed E-state index contributed by atoms with van der Waals surface area (Å²) in [5.74, 6) is 1.45. The molecule has 0 saturated heterocycles. The van der Waals surface area contributed by atoms with E-state index in [1.807, 2.05) is 61.5 Å². The second kappa shape index (κ2) is 4.61. The summed E-state index contributed by atoms with van der Waals surface area (Å²) < 4.78 is 5.74. The van der Waals surface area contributed by atoms with Crippen LogP contribution in [0.1, 0.15) is 5.89 Å². The van der Waals surface area contributed by atoms with Gasteiger partial charge in [0.05, 0.1) is 0 Å². The van der Waals surface area contributed by atoms with Crippen molar-refractivity contribution in [1.29, 1.82) is 0 Å². The zero-order chi connectivity index (χ0) is 13.2. The predicted octanol–water partition coefficient (Wildman–Crippen LogP) is 3.90. The van der Waals surface area contributed by atoms with Crippen LogP contribution in [0.3, 0.4) is 0 Å². The second-order valence-electron chi connectivity index (χ2n) is 4.40. The molecule has 0 aliphatic heterocycles. The summed E-state index contributed by atoms with van der Waals surface area (Å²) in [4.78, 5) is 4.48. The molecule has 2 N–H and O–H groups in total. The van der Waals surface area contributed by atoms with Gasteiger partial charge in [0.1, 0.15) is 5.69 Å². The van der Waals surface area contributed by atoms with Gasteiger partial charge in [-0.3, -0.25) is 0 Å². The molecule has 0 amide bonds. The number of nitrogen functional groups attached to an aromatic ring is 1. The fourth-order valence-electron chi connectivity index (χ4n) is 2.05. The molecule has 0 saturated carbocycles. The number of aryl methyl sites for hydroxylation is 1. The van der Waals surface area contributed by atoms with Crippen molar-refractivity contribution < 1.29 is 4.42 Å². The number of aromatic nitrogens is 1. The highest BCUT2D eigenvalue weighted by Crippen LogP contribution is 2.32. The van der Waals surface area contributed by atoms with Crippen molar-refractivity contribution in [2.24, 2.45) is 0 Å². The van der Waals surface area contributed by atoms with Gasteiger partial charge in [-0.1, -0.05) is 42.5 Å². The van der Waals surface area contributed by atoms with Crippen LogP contribution in [-0.2, 0) is 0 Å². The van der Waals surface area contributed by atoms with Crippen LogP contribution in [0.5, 0.6) is 0 Å². The smallest absolute Gasteiger partial charge is 0.192 e. The number of benzene rings is 2. The molecule has 0 atom stereocenters. The Kier molecular flexibility index (Phi) is 2.80. The molecule has 0 unspecified atom stereocenters. The van der Waals surface area contributed by atoms with Gasteiger partial charge in [-0.25, -0.2) is 4.98 Å². The molecule has 0 radical (unpaired) electrons. The molecule has 0 bridgehead atoms. The highest BCUT2D eigenvalue weighted by atomic mass is 16.4. The second-order valence-corrected chi connectivity index (χ2v) is 4.40. The first kappa shape index (κ1) is 11.5. The average molecular weight is 250 g/mol. The van der Waals surface area contributed by atoms with E-state index in [0.29, 0.717) is 5.89 Å². The maximum atomic E-state index is 5.74. The molecule has 3 rings (SSSR count). The topological polar surface area (TPSA) is 52.0 Å². The van der Waals surface area contributed by atoms with Crippen LogP contribution in [0.2, 0.25) is 0 Å². The monoisotopic (exact) mass is 250 g/mol. The molecule has 3 aromatic rings. The van der Waals surface area contributed by atoms with Crippen molar-refractivity contribution in [3.63, 3.8) is 0 Å². The van der Waals surface area contributed by atoms with Gasteiger partial charge < -0.3 is 10.2 Å². The number of hydrogen-bond acceptors (Lipinski definition) is 3. The van der Waals surface area contributed by atoms with Crippen molar-refractivity contribution in [3.05, 3.63) is 60.5 Å².